The van der Waals surface area contributed by atoms with Gasteiger partial charge in [-0.05, 0) is 30.9 Å². The van der Waals surface area contributed by atoms with Crippen LogP contribution in [0.15, 0.2) is 30.6 Å². The van der Waals surface area contributed by atoms with Crippen LogP contribution in [0.25, 0.3) is 11.0 Å². The number of fused-ring (bicyclic) bond motifs is 1. The van der Waals surface area contributed by atoms with Crippen molar-refractivity contribution in [3.8, 4) is 0 Å². The number of imidazole rings is 1. The highest BCUT2D eigenvalue weighted by atomic mass is 16.5. The molecule has 0 unspecified atom stereocenters. The van der Waals surface area contributed by atoms with E-state index in [1.54, 1.807) is 0 Å². The molecule has 1 aromatic carbocycles. The second-order valence-electron chi connectivity index (χ2n) is 6.18. The minimum absolute atomic E-state index is 0.123. The minimum atomic E-state index is -0.284. The summed E-state index contributed by atoms with van der Waals surface area (Å²) < 4.78 is 6.82. The molecule has 1 heterocycles. The van der Waals surface area contributed by atoms with Gasteiger partial charge in [-0.15, -0.1) is 0 Å². The van der Waals surface area contributed by atoms with Gasteiger partial charge in [-0.2, -0.15) is 0 Å². The molecule has 5 heteroatoms. The van der Waals surface area contributed by atoms with Gasteiger partial charge in [0.05, 0.1) is 24.1 Å². The standard InChI is InChI=1S/C18H22N2O3/c21-17(20-13-19-15-8-4-5-9-16(15)20)10-11-18(22)23-12-14-6-2-1-3-7-14/h4-5,8-9,13-14H,1-3,6-7,10-12H2. The number of esters is 1. The fourth-order valence-corrected chi connectivity index (χ4v) is 3.12. The Kier molecular flexibility index (Phi) is 5.05. The van der Waals surface area contributed by atoms with Crippen molar-refractivity contribution in [1.29, 1.82) is 0 Å². The number of benzene rings is 1. The van der Waals surface area contributed by atoms with Crippen molar-refractivity contribution >= 4 is 22.9 Å². The predicted octanol–water partition coefficient (Wildman–Crippen LogP) is 3.58. The van der Waals surface area contributed by atoms with Gasteiger partial charge in [-0.1, -0.05) is 31.4 Å². The van der Waals surface area contributed by atoms with Crippen molar-refractivity contribution in [2.24, 2.45) is 5.92 Å². The summed E-state index contributed by atoms with van der Waals surface area (Å²) in [6, 6.07) is 7.46. The van der Waals surface area contributed by atoms with Crippen molar-refractivity contribution in [3.63, 3.8) is 0 Å². The largest absolute Gasteiger partial charge is 0.465 e. The maximum Gasteiger partial charge on any atom is 0.306 e. The summed E-state index contributed by atoms with van der Waals surface area (Å²) >= 11 is 0. The van der Waals surface area contributed by atoms with E-state index in [1.807, 2.05) is 24.3 Å². The first kappa shape index (κ1) is 15.7. The predicted molar refractivity (Wildman–Crippen MR) is 87.1 cm³/mol. The quantitative estimate of drug-likeness (QED) is 0.791. The Labute approximate surface area is 135 Å². The zero-order valence-electron chi connectivity index (χ0n) is 13.2. The molecule has 122 valence electrons. The fraction of sp³-hybridized carbons (Fsp3) is 0.500. The van der Waals surface area contributed by atoms with Gasteiger partial charge >= 0.3 is 5.97 Å². The number of hydrogen-bond donors (Lipinski definition) is 0. The maximum absolute atomic E-state index is 12.2. The first-order chi connectivity index (χ1) is 11.2. The molecule has 0 radical (unpaired) electrons. The first-order valence-corrected chi connectivity index (χ1v) is 8.35. The molecule has 2 aromatic rings. The molecule has 0 amide bonds. The molecule has 0 spiro atoms. The SMILES string of the molecule is O=C(CCC(=O)n1cnc2ccccc21)OCC1CCCCC1. The lowest BCUT2D eigenvalue weighted by molar-refractivity contribution is -0.145. The molecule has 1 fully saturated rings. The molecule has 1 aliphatic rings. The van der Waals surface area contributed by atoms with E-state index in [2.05, 4.69) is 4.98 Å². The summed E-state index contributed by atoms with van der Waals surface area (Å²) in [6.45, 7) is 0.501. The number of rotatable bonds is 5. The van der Waals surface area contributed by atoms with Crippen LogP contribution in [0, 0.1) is 5.92 Å². The number of hydrogen-bond acceptors (Lipinski definition) is 4. The molecule has 3 rings (SSSR count). The fourth-order valence-electron chi connectivity index (χ4n) is 3.12. The van der Waals surface area contributed by atoms with Crippen molar-refractivity contribution < 1.29 is 14.3 Å². The number of ether oxygens (including phenoxy) is 1. The van der Waals surface area contributed by atoms with Crippen molar-refractivity contribution in [2.75, 3.05) is 6.61 Å². The summed E-state index contributed by atoms with van der Waals surface area (Å²) in [5, 5.41) is 0. The highest BCUT2D eigenvalue weighted by Gasteiger charge is 2.17. The summed E-state index contributed by atoms with van der Waals surface area (Å²) in [6.07, 6.45) is 7.82. The highest BCUT2D eigenvalue weighted by molar-refractivity contribution is 5.91. The number of para-hydroxylation sites is 2. The normalized spacial score (nSPS) is 15.7. The van der Waals surface area contributed by atoms with Crippen molar-refractivity contribution in [2.45, 2.75) is 44.9 Å². The van der Waals surface area contributed by atoms with Gasteiger partial charge in [0.15, 0.2) is 0 Å². The van der Waals surface area contributed by atoms with E-state index in [-0.39, 0.29) is 24.7 Å². The number of nitrogens with zero attached hydrogens (tertiary/aromatic N) is 2. The third-order valence-corrected chi connectivity index (χ3v) is 4.47. The minimum Gasteiger partial charge on any atom is -0.465 e. The Morgan fingerprint density at radius 1 is 1.13 bits per heavy atom. The Hall–Kier alpha value is -2.17. The van der Waals surface area contributed by atoms with Gasteiger partial charge in [0.2, 0.25) is 5.91 Å². The van der Waals surface area contributed by atoms with Crippen LogP contribution in [-0.2, 0) is 9.53 Å². The van der Waals surface area contributed by atoms with Crippen LogP contribution >= 0.6 is 0 Å². The molecular weight excluding hydrogens is 292 g/mol. The van der Waals surface area contributed by atoms with Gasteiger partial charge in [0.1, 0.15) is 6.33 Å². The van der Waals surface area contributed by atoms with Crippen LogP contribution in [0.4, 0.5) is 0 Å². The monoisotopic (exact) mass is 314 g/mol. The van der Waals surface area contributed by atoms with Gasteiger partial charge in [-0.25, -0.2) is 4.98 Å². The molecule has 0 N–H and O–H groups in total. The molecule has 5 nitrogen and oxygen atoms in total. The average molecular weight is 314 g/mol. The van der Waals surface area contributed by atoms with Crippen molar-refractivity contribution in [1.82, 2.24) is 9.55 Å². The lowest BCUT2D eigenvalue weighted by Crippen LogP contribution is -2.18. The zero-order valence-corrected chi connectivity index (χ0v) is 13.2. The number of carbonyl (C=O) groups is 2. The molecule has 1 aliphatic carbocycles. The summed E-state index contributed by atoms with van der Waals surface area (Å²) in [5.74, 6) is 0.0858. The third-order valence-electron chi connectivity index (χ3n) is 4.47. The van der Waals surface area contributed by atoms with Crippen LogP contribution in [0.2, 0.25) is 0 Å². The van der Waals surface area contributed by atoms with Crippen LogP contribution in [0.1, 0.15) is 49.7 Å². The summed E-state index contributed by atoms with van der Waals surface area (Å²) in [4.78, 5) is 28.3. The molecule has 0 aliphatic heterocycles. The highest BCUT2D eigenvalue weighted by Crippen LogP contribution is 2.23. The number of carbonyl (C=O) groups excluding carboxylic acids is 2. The van der Waals surface area contributed by atoms with Crippen LogP contribution < -0.4 is 0 Å². The van der Waals surface area contributed by atoms with Crippen LogP contribution in [-0.4, -0.2) is 28.0 Å². The first-order valence-electron chi connectivity index (χ1n) is 8.35. The number of aromatic nitrogens is 2. The molecule has 0 saturated heterocycles. The topological polar surface area (TPSA) is 61.2 Å². The third kappa shape index (κ3) is 3.97. The molecule has 1 aromatic heterocycles. The summed E-state index contributed by atoms with van der Waals surface area (Å²) in [5.41, 5.74) is 1.55. The molecule has 0 bridgehead atoms. The Bertz CT molecular complexity index is 686. The average Bonchev–Trinajstić information content (AvgIpc) is 3.03. The lowest BCUT2D eigenvalue weighted by Gasteiger charge is -2.20. The van der Waals surface area contributed by atoms with E-state index in [4.69, 9.17) is 4.74 Å². The van der Waals surface area contributed by atoms with E-state index in [0.717, 1.165) is 23.9 Å². The van der Waals surface area contributed by atoms with Gasteiger partial charge in [-0.3, -0.25) is 14.2 Å². The smallest absolute Gasteiger partial charge is 0.306 e. The van der Waals surface area contributed by atoms with Gasteiger partial charge in [0.25, 0.3) is 0 Å². The Morgan fingerprint density at radius 2 is 1.91 bits per heavy atom. The second-order valence-corrected chi connectivity index (χ2v) is 6.18. The lowest BCUT2D eigenvalue weighted by atomic mass is 9.90. The molecule has 23 heavy (non-hydrogen) atoms. The molecule has 0 atom stereocenters. The van der Waals surface area contributed by atoms with Gasteiger partial charge < -0.3 is 4.74 Å². The summed E-state index contributed by atoms with van der Waals surface area (Å²) in [7, 11) is 0. The second kappa shape index (κ2) is 7.40. The van der Waals surface area contributed by atoms with Gasteiger partial charge in [0, 0.05) is 6.42 Å². The zero-order chi connectivity index (χ0) is 16.1. The van der Waals surface area contributed by atoms with E-state index < -0.39 is 0 Å². The maximum atomic E-state index is 12.2. The van der Waals surface area contributed by atoms with E-state index in [0.29, 0.717) is 12.5 Å². The Balaban J connectivity index is 1.47. The molecular formula is C18H22N2O3. The van der Waals surface area contributed by atoms with E-state index >= 15 is 0 Å². The molecule has 1 saturated carbocycles. The Morgan fingerprint density at radius 3 is 2.74 bits per heavy atom. The van der Waals surface area contributed by atoms with Crippen LogP contribution in [0.5, 0.6) is 0 Å². The van der Waals surface area contributed by atoms with E-state index in [1.165, 1.54) is 30.2 Å². The van der Waals surface area contributed by atoms with Crippen molar-refractivity contribution in [3.05, 3.63) is 30.6 Å². The van der Waals surface area contributed by atoms with Crippen LogP contribution in [0.3, 0.4) is 0 Å². The van der Waals surface area contributed by atoms with E-state index in [9.17, 15) is 9.59 Å².